The van der Waals surface area contributed by atoms with Crippen LogP contribution in [0.4, 0.5) is 5.69 Å². The second kappa shape index (κ2) is 6.78. The zero-order valence-corrected chi connectivity index (χ0v) is 12.4. The molecule has 1 N–H and O–H groups in total. The third kappa shape index (κ3) is 3.86. The summed E-state index contributed by atoms with van der Waals surface area (Å²) in [5, 5.41) is 3.01. The highest BCUT2D eigenvalue weighted by Crippen LogP contribution is 2.33. The van der Waals surface area contributed by atoms with Gasteiger partial charge in [0.25, 0.3) is 0 Å². The van der Waals surface area contributed by atoms with Gasteiger partial charge in [-0.25, -0.2) is 0 Å². The van der Waals surface area contributed by atoms with Crippen molar-refractivity contribution < 1.29 is 9.53 Å². The molecule has 3 nitrogen and oxygen atoms in total. The number of para-hydroxylation sites is 1. The predicted octanol–water partition coefficient (Wildman–Crippen LogP) is 3.81. The Morgan fingerprint density at radius 2 is 1.81 bits per heavy atom. The number of anilines is 1. The minimum Gasteiger partial charge on any atom is -0.381 e. The molecule has 4 heteroatoms. The van der Waals surface area contributed by atoms with E-state index in [0.29, 0.717) is 25.6 Å². The van der Waals surface area contributed by atoms with Gasteiger partial charge in [0, 0.05) is 22.1 Å². The molecule has 1 fully saturated rings. The van der Waals surface area contributed by atoms with Crippen molar-refractivity contribution in [3.63, 3.8) is 0 Å². The number of ether oxygens (including phenoxy) is 1. The van der Waals surface area contributed by atoms with Crippen LogP contribution in [0.5, 0.6) is 0 Å². The van der Waals surface area contributed by atoms with Crippen LogP contribution in [0.1, 0.15) is 6.42 Å². The molecule has 0 aliphatic carbocycles. The van der Waals surface area contributed by atoms with E-state index in [2.05, 4.69) is 17.4 Å². The first kappa shape index (κ1) is 14.2. The van der Waals surface area contributed by atoms with Crippen LogP contribution in [0.3, 0.4) is 0 Å². The lowest BCUT2D eigenvalue weighted by atomic mass is 10.0. The highest BCUT2D eigenvalue weighted by Gasteiger charge is 2.22. The fourth-order valence-corrected chi connectivity index (χ4v) is 3.06. The van der Waals surface area contributed by atoms with Gasteiger partial charge in [-0.15, -0.1) is 0 Å². The molecular formula is C17H17NO2S. The van der Waals surface area contributed by atoms with E-state index in [-0.39, 0.29) is 5.91 Å². The Labute approximate surface area is 128 Å². The van der Waals surface area contributed by atoms with E-state index in [9.17, 15) is 4.79 Å². The molecule has 0 unspecified atom stereocenters. The summed E-state index contributed by atoms with van der Waals surface area (Å²) in [5.41, 5.74) is 0.872. The molecule has 1 heterocycles. The van der Waals surface area contributed by atoms with Gasteiger partial charge in [0.15, 0.2) is 0 Å². The second-order valence-corrected chi connectivity index (χ2v) is 6.18. The fraction of sp³-hybridized carbons (Fsp3) is 0.235. The summed E-state index contributed by atoms with van der Waals surface area (Å²) in [6.07, 6.45) is 0.532. The van der Waals surface area contributed by atoms with Crippen molar-refractivity contribution in [2.45, 2.75) is 16.2 Å². The van der Waals surface area contributed by atoms with Crippen molar-refractivity contribution in [2.75, 3.05) is 18.5 Å². The van der Waals surface area contributed by atoms with E-state index in [1.807, 2.05) is 42.5 Å². The minimum absolute atomic E-state index is 0.0596. The van der Waals surface area contributed by atoms with Gasteiger partial charge in [-0.05, 0) is 24.3 Å². The molecule has 0 atom stereocenters. The Hall–Kier alpha value is -1.78. The van der Waals surface area contributed by atoms with Crippen LogP contribution in [-0.2, 0) is 9.53 Å². The zero-order valence-electron chi connectivity index (χ0n) is 11.6. The Kier molecular flexibility index (Phi) is 4.58. The largest absolute Gasteiger partial charge is 0.381 e. The van der Waals surface area contributed by atoms with Gasteiger partial charge in [-0.2, -0.15) is 0 Å². The lowest BCUT2D eigenvalue weighted by molar-refractivity contribution is -0.121. The van der Waals surface area contributed by atoms with Crippen LogP contribution in [0.2, 0.25) is 0 Å². The molecule has 1 aliphatic heterocycles. The second-order valence-electron chi connectivity index (χ2n) is 5.07. The summed E-state index contributed by atoms with van der Waals surface area (Å²) >= 11 is 1.66. The number of benzene rings is 2. The quantitative estimate of drug-likeness (QED) is 0.912. The topological polar surface area (TPSA) is 38.3 Å². The van der Waals surface area contributed by atoms with Crippen molar-refractivity contribution in [3.05, 3.63) is 54.6 Å². The summed E-state index contributed by atoms with van der Waals surface area (Å²) < 4.78 is 5.10. The van der Waals surface area contributed by atoms with Crippen LogP contribution < -0.4 is 5.32 Å². The van der Waals surface area contributed by atoms with E-state index in [4.69, 9.17) is 4.74 Å². The first-order valence-corrected chi connectivity index (χ1v) is 7.82. The van der Waals surface area contributed by atoms with Crippen LogP contribution >= 0.6 is 11.8 Å². The van der Waals surface area contributed by atoms with Crippen LogP contribution in [-0.4, -0.2) is 19.1 Å². The predicted molar refractivity (Wildman–Crippen MR) is 84.6 cm³/mol. The lowest BCUT2D eigenvalue weighted by Gasteiger charge is -2.25. The van der Waals surface area contributed by atoms with E-state index in [1.54, 1.807) is 11.8 Å². The molecule has 0 saturated carbocycles. The maximum absolute atomic E-state index is 12.0. The summed E-state index contributed by atoms with van der Waals surface area (Å²) in [7, 11) is 0. The van der Waals surface area contributed by atoms with E-state index in [1.165, 1.54) is 0 Å². The Bertz CT molecular complexity index is 611. The van der Waals surface area contributed by atoms with Crippen molar-refractivity contribution >= 4 is 23.4 Å². The summed E-state index contributed by atoms with van der Waals surface area (Å²) in [5.74, 6) is 0.434. The number of nitrogens with one attached hydrogen (secondary N) is 1. The molecule has 2 aromatic rings. The molecular weight excluding hydrogens is 282 g/mol. The normalized spacial score (nSPS) is 14.5. The van der Waals surface area contributed by atoms with E-state index >= 15 is 0 Å². The van der Waals surface area contributed by atoms with Crippen molar-refractivity contribution in [3.8, 4) is 0 Å². The van der Waals surface area contributed by atoms with Crippen LogP contribution in [0, 0.1) is 5.92 Å². The highest BCUT2D eigenvalue weighted by molar-refractivity contribution is 7.99. The third-order valence-corrected chi connectivity index (χ3v) is 4.40. The lowest BCUT2D eigenvalue weighted by Crippen LogP contribution is -2.31. The summed E-state index contributed by atoms with van der Waals surface area (Å²) in [6, 6.07) is 18.1. The van der Waals surface area contributed by atoms with Crippen molar-refractivity contribution in [1.82, 2.24) is 0 Å². The number of hydrogen-bond donors (Lipinski definition) is 1. The monoisotopic (exact) mass is 299 g/mol. The van der Waals surface area contributed by atoms with E-state index < -0.39 is 0 Å². The first-order valence-electron chi connectivity index (χ1n) is 7.01. The molecule has 1 saturated heterocycles. The molecule has 2 aromatic carbocycles. The zero-order chi connectivity index (χ0) is 14.5. The summed E-state index contributed by atoms with van der Waals surface area (Å²) in [6.45, 7) is 1.40. The smallest absolute Gasteiger partial charge is 0.224 e. The van der Waals surface area contributed by atoms with E-state index in [0.717, 1.165) is 15.5 Å². The standard InChI is InChI=1S/C17H17NO2S/c19-17(10-13-11-20-12-13)18-15-8-4-5-9-16(15)21-14-6-2-1-3-7-14/h1-9,13H,10-12H2,(H,18,19). The average molecular weight is 299 g/mol. The molecule has 0 bridgehead atoms. The van der Waals surface area contributed by atoms with Gasteiger partial charge in [-0.1, -0.05) is 42.1 Å². The van der Waals surface area contributed by atoms with Crippen molar-refractivity contribution in [1.29, 1.82) is 0 Å². The number of carbonyl (C=O) groups is 1. The molecule has 21 heavy (non-hydrogen) atoms. The molecule has 0 radical (unpaired) electrons. The minimum atomic E-state index is 0.0596. The number of rotatable bonds is 5. The summed E-state index contributed by atoms with van der Waals surface area (Å²) in [4.78, 5) is 14.3. The molecule has 3 rings (SSSR count). The Balaban J connectivity index is 1.68. The molecule has 108 valence electrons. The van der Waals surface area contributed by atoms with Crippen LogP contribution in [0.15, 0.2) is 64.4 Å². The molecule has 0 aromatic heterocycles. The molecule has 1 amide bonds. The Morgan fingerprint density at radius 3 is 2.52 bits per heavy atom. The molecule has 1 aliphatic rings. The highest BCUT2D eigenvalue weighted by atomic mass is 32.2. The average Bonchev–Trinajstić information content (AvgIpc) is 2.46. The SMILES string of the molecule is O=C(CC1COC1)Nc1ccccc1Sc1ccccc1. The third-order valence-electron chi connectivity index (χ3n) is 3.31. The number of hydrogen-bond acceptors (Lipinski definition) is 3. The maximum Gasteiger partial charge on any atom is 0.224 e. The number of carbonyl (C=O) groups excluding carboxylic acids is 1. The van der Waals surface area contributed by atoms with Crippen LogP contribution in [0.25, 0.3) is 0 Å². The van der Waals surface area contributed by atoms with Gasteiger partial charge in [-0.3, -0.25) is 4.79 Å². The fourth-order valence-electron chi connectivity index (χ4n) is 2.14. The van der Waals surface area contributed by atoms with Crippen molar-refractivity contribution in [2.24, 2.45) is 5.92 Å². The van der Waals surface area contributed by atoms with Gasteiger partial charge in [0.1, 0.15) is 0 Å². The maximum atomic E-state index is 12.0. The van der Waals surface area contributed by atoms with Gasteiger partial charge in [0.2, 0.25) is 5.91 Å². The van der Waals surface area contributed by atoms with Gasteiger partial charge < -0.3 is 10.1 Å². The van der Waals surface area contributed by atoms with Gasteiger partial charge in [0.05, 0.1) is 18.9 Å². The molecule has 0 spiro atoms. The number of amides is 1. The first-order chi connectivity index (χ1) is 10.3. The Morgan fingerprint density at radius 1 is 1.10 bits per heavy atom. The van der Waals surface area contributed by atoms with Gasteiger partial charge >= 0.3 is 0 Å².